The molecule has 0 aromatic heterocycles. The summed E-state index contributed by atoms with van der Waals surface area (Å²) in [7, 11) is -4.34. The van der Waals surface area contributed by atoms with Gasteiger partial charge in [-0.05, 0) is 60.5 Å². The van der Waals surface area contributed by atoms with Gasteiger partial charge >= 0.3 is 6.18 Å². The van der Waals surface area contributed by atoms with Crippen molar-refractivity contribution in [1.82, 2.24) is 0 Å². The molecular formula is C22H16ClF4NO3S. The van der Waals surface area contributed by atoms with E-state index in [2.05, 4.69) is 0 Å². The topological polar surface area (TPSA) is 46.6 Å². The monoisotopic (exact) mass is 485 g/mol. The SMILES string of the molecule is Cc1cc(F)cc(-c2ccc3c(c2)N(S(=O)(=O)c2cccc(C(F)(F)F)c2)CCO3)c1Cl. The van der Waals surface area contributed by atoms with Crippen molar-refractivity contribution in [1.29, 1.82) is 0 Å². The van der Waals surface area contributed by atoms with Crippen LogP contribution in [0.5, 0.6) is 5.75 Å². The molecule has 0 N–H and O–H groups in total. The van der Waals surface area contributed by atoms with Crippen molar-refractivity contribution in [2.45, 2.75) is 18.0 Å². The van der Waals surface area contributed by atoms with E-state index in [1.807, 2.05) is 0 Å². The Bertz CT molecular complexity index is 1310. The van der Waals surface area contributed by atoms with E-state index < -0.39 is 32.5 Å². The number of benzene rings is 3. The first kappa shape index (κ1) is 22.4. The second-order valence-electron chi connectivity index (χ2n) is 7.22. The summed E-state index contributed by atoms with van der Waals surface area (Å²) in [4.78, 5) is -0.495. The maximum atomic E-state index is 14.0. The molecule has 4 rings (SSSR count). The number of aryl methyl sites for hydroxylation is 1. The Morgan fingerprint density at radius 3 is 2.53 bits per heavy atom. The molecule has 1 aliphatic rings. The highest BCUT2D eigenvalue weighted by molar-refractivity contribution is 7.92. The number of hydrogen-bond donors (Lipinski definition) is 0. The lowest BCUT2D eigenvalue weighted by Crippen LogP contribution is -2.38. The van der Waals surface area contributed by atoms with E-state index in [0.29, 0.717) is 27.8 Å². The molecular weight excluding hydrogens is 470 g/mol. The smallest absolute Gasteiger partial charge is 0.416 e. The number of hydrogen-bond acceptors (Lipinski definition) is 3. The molecule has 0 saturated carbocycles. The molecule has 0 spiro atoms. The zero-order chi connectivity index (χ0) is 23.3. The van der Waals surface area contributed by atoms with E-state index in [9.17, 15) is 26.0 Å². The Balaban J connectivity index is 1.83. The maximum Gasteiger partial charge on any atom is 0.416 e. The van der Waals surface area contributed by atoms with Crippen LogP contribution in [0.2, 0.25) is 5.02 Å². The third kappa shape index (κ3) is 4.02. The second kappa shape index (κ2) is 7.97. The first-order chi connectivity index (χ1) is 15.0. The fourth-order valence-electron chi connectivity index (χ4n) is 3.51. The van der Waals surface area contributed by atoms with Crippen LogP contribution in [0.4, 0.5) is 23.2 Å². The van der Waals surface area contributed by atoms with Gasteiger partial charge in [0.05, 0.1) is 27.7 Å². The maximum absolute atomic E-state index is 14.0. The Morgan fingerprint density at radius 1 is 1.06 bits per heavy atom. The van der Waals surface area contributed by atoms with Crippen molar-refractivity contribution in [3.63, 3.8) is 0 Å². The Hall–Kier alpha value is -2.78. The first-order valence-corrected chi connectivity index (χ1v) is 11.2. The highest BCUT2D eigenvalue weighted by Crippen LogP contribution is 2.41. The molecule has 0 aliphatic carbocycles. The summed E-state index contributed by atoms with van der Waals surface area (Å²) in [5.74, 6) is -0.274. The summed E-state index contributed by atoms with van der Waals surface area (Å²) in [6.45, 7) is 1.55. The lowest BCUT2D eigenvalue weighted by molar-refractivity contribution is -0.137. The largest absolute Gasteiger partial charge is 0.489 e. The summed E-state index contributed by atoms with van der Waals surface area (Å²) in [6, 6.07) is 10.7. The van der Waals surface area contributed by atoms with Crippen LogP contribution in [0.25, 0.3) is 11.1 Å². The standard InChI is InChI=1S/C22H16ClF4NO3S/c1-13-9-16(24)12-18(21(13)23)14-5-6-20-19(10-14)28(7-8-31-20)32(29,30)17-4-2-3-15(11-17)22(25,26)27/h2-6,9-12H,7-8H2,1H3. The molecule has 168 valence electrons. The number of fused-ring (bicyclic) bond motifs is 1. The van der Waals surface area contributed by atoms with Crippen molar-refractivity contribution < 1.29 is 30.7 Å². The van der Waals surface area contributed by atoms with Gasteiger partial charge in [0.25, 0.3) is 10.0 Å². The van der Waals surface area contributed by atoms with Gasteiger partial charge in [0, 0.05) is 5.56 Å². The van der Waals surface area contributed by atoms with Gasteiger partial charge in [0.15, 0.2) is 0 Å². The van der Waals surface area contributed by atoms with Gasteiger partial charge in [-0.15, -0.1) is 0 Å². The minimum absolute atomic E-state index is 0.0182. The van der Waals surface area contributed by atoms with Gasteiger partial charge < -0.3 is 4.74 Å². The predicted molar refractivity (Wildman–Crippen MR) is 113 cm³/mol. The van der Waals surface area contributed by atoms with Gasteiger partial charge in [-0.2, -0.15) is 13.2 Å². The fourth-order valence-corrected chi connectivity index (χ4v) is 5.22. The number of alkyl halides is 3. The lowest BCUT2D eigenvalue weighted by Gasteiger charge is -2.31. The van der Waals surface area contributed by atoms with Crippen molar-refractivity contribution in [2.24, 2.45) is 0 Å². The average molecular weight is 486 g/mol. The van der Waals surface area contributed by atoms with Crippen LogP contribution in [-0.2, 0) is 16.2 Å². The van der Waals surface area contributed by atoms with Gasteiger partial charge in [0.1, 0.15) is 18.2 Å². The Kier molecular flexibility index (Phi) is 5.58. The fraction of sp³-hybridized carbons (Fsp3) is 0.182. The van der Waals surface area contributed by atoms with E-state index in [1.165, 1.54) is 24.3 Å². The zero-order valence-electron chi connectivity index (χ0n) is 16.6. The molecule has 10 heteroatoms. The number of ether oxygens (including phenoxy) is 1. The highest BCUT2D eigenvalue weighted by atomic mass is 35.5. The van der Waals surface area contributed by atoms with Crippen LogP contribution in [0.3, 0.4) is 0 Å². The van der Waals surface area contributed by atoms with Gasteiger partial charge in [-0.1, -0.05) is 23.7 Å². The third-order valence-electron chi connectivity index (χ3n) is 5.06. The van der Waals surface area contributed by atoms with Crippen LogP contribution in [0, 0.1) is 12.7 Å². The number of anilines is 1. The molecule has 1 aliphatic heterocycles. The molecule has 3 aromatic carbocycles. The third-order valence-corrected chi connectivity index (χ3v) is 7.37. The van der Waals surface area contributed by atoms with E-state index >= 15 is 0 Å². The molecule has 0 radical (unpaired) electrons. The number of halogens is 5. The van der Waals surface area contributed by atoms with E-state index in [-0.39, 0.29) is 24.6 Å². The van der Waals surface area contributed by atoms with E-state index in [1.54, 1.807) is 13.0 Å². The molecule has 0 amide bonds. The first-order valence-electron chi connectivity index (χ1n) is 9.41. The zero-order valence-corrected chi connectivity index (χ0v) is 18.2. The highest BCUT2D eigenvalue weighted by Gasteiger charge is 2.35. The molecule has 1 heterocycles. The number of rotatable bonds is 3. The molecule has 4 nitrogen and oxygen atoms in total. The molecule has 3 aromatic rings. The van der Waals surface area contributed by atoms with Crippen molar-refractivity contribution >= 4 is 27.3 Å². The summed E-state index contributed by atoms with van der Waals surface area (Å²) < 4.78 is 86.4. The van der Waals surface area contributed by atoms with Crippen LogP contribution in [0.15, 0.2) is 59.5 Å². The van der Waals surface area contributed by atoms with E-state index in [4.69, 9.17) is 16.3 Å². The van der Waals surface area contributed by atoms with Gasteiger partial charge in [-0.25, -0.2) is 12.8 Å². The van der Waals surface area contributed by atoms with Crippen LogP contribution >= 0.6 is 11.6 Å². The summed E-state index contributed by atoms with van der Waals surface area (Å²) >= 11 is 6.33. The van der Waals surface area contributed by atoms with Gasteiger partial charge in [0.2, 0.25) is 0 Å². The lowest BCUT2D eigenvalue weighted by atomic mass is 10.0. The number of sulfonamides is 1. The predicted octanol–water partition coefficient (Wildman–Crippen LogP) is 6.06. The Labute approximate surface area is 187 Å². The number of nitrogens with zero attached hydrogens (tertiary/aromatic N) is 1. The van der Waals surface area contributed by atoms with Crippen LogP contribution < -0.4 is 9.04 Å². The second-order valence-corrected chi connectivity index (χ2v) is 9.46. The molecule has 0 atom stereocenters. The normalized spacial score (nSPS) is 14.1. The van der Waals surface area contributed by atoms with Crippen molar-refractivity contribution in [3.8, 4) is 16.9 Å². The molecule has 0 fully saturated rings. The molecule has 0 bridgehead atoms. The Morgan fingerprint density at radius 2 is 1.81 bits per heavy atom. The summed E-state index contributed by atoms with van der Waals surface area (Å²) in [5, 5.41) is 0.301. The average Bonchev–Trinajstić information content (AvgIpc) is 2.75. The van der Waals surface area contributed by atoms with E-state index in [0.717, 1.165) is 22.5 Å². The van der Waals surface area contributed by atoms with Crippen LogP contribution in [-0.4, -0.2) is 21.6 Å². The minimum Gasteiger partial charge on any atom is -0.489 e. The molecule has 32 heavy (non-hydrogen) atoms. The molecule has 0 saturated heterocycles. The summed E-state index contributed by atoms with van der Waals surface area (Å²) in [6.07, 6.45) is -4.69. The quantitative estimate of drug-likeness (QED) is 0.424. The summed E-state index contributed by atoms with van der Waals surface area (Å²) in [5.41, 5.74) is 0.357. The molecule has 0 unspecified atom stereocenters. The van der Waals surface area contributed by atoms with Crippen molar-refractivity contribution in [3.05, 3.63) is 76.6 Å². The van der Waals surface area contributed by atoms with Gasteiger partial charge in [-0.3, -0.25) is 4.31 Å². The van der Waals surface area contributed by atoms with Crippen LogP contribution in [0.1, 0.15) is 11.1 Å². The van der Waals surface area contributed by atoms with Crippen molar-refractivity contribution in [2.75, 3.05) is 17.5 Å². The minimum atomic E-state index is -4.69.